The van der Waals surface area contributed by atoms with Crippen LogP contribution in [-0.2, 0) is 23.5 Å². The van der Waals surface area contributed by atoms with Crippen molar-refractivity contribution in [2.75, 3.05) is 0 Å². The third-order valence-electron chi connectivity index (χ3n) is 4.12. The summed E-state index contributed by atoms with van der Waals surface area (Å²) in [4.78, 5) is 0. The number of halogens is 6. The fourth-order valence-electron chi connectivity index (χ4n) is 2.58. The quantitative estimate of drug-likeness (QED) is 0.412. The molecule has 0 aliphatic carbocycles. The summed E-state index contributed by atoms with van der Waals surface area (Å²) in [5.41, 5.74) is -2.77. The maximum absolute atomic E-state index is 13.1. The molecule has 0 radical (unpaired) electrons. The van der Waals surface area contributed by atoms with E-state index in [1.54, 1.807) is 6.07 Å². The van der Waals surface area contributed by atoms with Gasteiger partial charge in [0.15, 0.2) is 0 Å². The van der Waals surface area contributed by atoms with Crippen LogP contribution in [0.3, 0.4) is 0 Å². The highest BCUT2D eigenvalue weighted by Crippen LogP contribution is 2.42. The molecule has 0 bridgehead atoms. The van der Waals surface area contributed by atoms with Crippen LogP contribution in [-0.4, -0.2) is 5.11 Å². The minimum atomic E-state index is -4.96. The van der Waals surface area contributed by atoms with E-state index >= 15 is 0 Å². The zero-order chi connectivity index (χ0) is 20.8. The van der Waals surface area contributed by atoms with Crippen molar-refractivity contribution in [2.45, 2.75) is 44.3 Å². The molecule has 27 heavy (non-hydrogen) atoms. The molecule has 8 heteroatoms. The first-order valence-corrected chi connectivity index (χ1v) is 8.55. The van der Waals surface area contributed by atoms with E-state index in [1.165, 1.54) is 6.07 Å². The molecule has 0 amide bonds. The summed E-state index contributed by atoms with van der Waals surface area (Å²) in [6, 6.07) is 4.34. The lowest BCUT2D eigenvalue weighted by atomic mass is 9.83. The SMILES string of the molecule is CC(C)(C)c1cc(CS)c(O)c(-c2cc(C(F)(F)F)cc(C(F)(F)F)c2)c1. The number of hydrogen-bond donors (Lipinski definition) is 2. The summed E-state index contributed by atoms with van der Waals surface area (Å²) in [5.74, 6) is -0.307. The van der Waals surface area contributed by atoms with E-state index < -0.39 is 28.9 Å². The Kier molecular flexibility index (Phi) is 5.54. The normalized spacial score (nSPS) is 13.1. The van der Waals surface area contributed by atoms with Gasteiger partial charge in [-0.1, -0.05) is 26.8 Å². The molecule has 1 nitrogen and oxygen atoms in total. The molecule has 0 heterocycles. The van der Waals surface area contributed by atoms with Crippen LogP contribution < -0.4 is 0 Å². The Hall–Kier alpha value is -1.83. The molecule has 0 aliphatic heterocycles. The Balaban J connectivity index is 2.84. The Morgan fingerprint density at radius 3 is 1.63 bits per heavy atom. The molecule has 2 aromatic carbocycles. The first kappa shape index (κ1) is 21.5. The number of alkyl halides is 6. The van der Waals surface area contributed by atoms with Gasteiger partial charge in [0, 0.05) is 16.9 Å². The maximum Gasteiger partial charge on any atom is 0.416 e. The Morgan fingerprint density at radius 1 is 0.778 bits per heavy atom. The van der Waals surface area contributed by atoms with Gasteiger partial charge in [-0.3, -0.25) is 0 Å². The van der Waals surface area contributed by atoms with Gasteiger partial charge in [0.1, 0.15) is 5.75 Å². The van der Waals surface area contributed by atoms with Crippen molar-refractivity contribution in [3.8, 4) is 16.9 Å². The third-order valence-corrected chi connectivity index (χ3v) is 4.46. The molecule has 2 rings (SSSR count). The van der Waals surface area contributed by atoms with Gasteiger partial charge in [-0.2, -0.15) is 39.0 Å². The average Bonchev–Trinajstić information content (AvgIpc) is 2.51. The van der Waals surface area contributed by atoms with Gasteiger partial charge in [-0.05, 0) is 40.8 Å². The van der Waals surface area contributed by atoms with E-state index in [9.17, 15) is 31.4 Å². The van der Waals surface area contributed by atoms with E-state index in [0.29, 0.717) is 23.3 Å². The van der Waals surface area contributed by atoms with Crippen LogP contribution in [0, 0.1) is 0 Å². The predicted octanol–water partition coefficient (Wildman–Crippen LogP) is 6.82. The van der Waals surface area contributed by atoms with Crippen LogP contribution in [0.1, 0.15) is 43.0 Å². The summed E-state index contributed by atoms with van der Waals surface area (Å²) < 4.78 is 78.7. The van der Waals surface area contributed by atoms with Crippen LogP contribution in [0.4, 0.5) is 26.3 Å². The molecule has 0 saturated heterocycles. The number of phenols is 1. The lowest BCUT2D eigenvalue weighted by Crippen LogP contribution is -2.13. The molecule has 0 aromatic heterocycles. The first-order valence-electron chi connectivity index (χ1n) is 7.91. The second-order valence-corrected chi connectivity index (χ2v) is 7.55. The average molecular weight is 408 g/mol. The van der Waals surface area contributed by atoms with Gasteiger partial charge < -0.3 is 5.11 Å². The lowest BCUT2D eigenvalue weighted by Gasteiger charge is -2.23. The molecular weight excluding hydrogens is 390 g/mol. The van der Waals surface area contributed by atoms with Gasteiger partial charge in [-0.15, -0.1) is 0 Å². The lowest BCUT2D eigenvalue weighted by molar-refractivity contribution is -0.143. The molecule has 0 unspecified atom stereocenters. The topological polar surface area (TPSA) is 20.2 Å². The summed E-state index contributed by atoms with van der Waals surface area (Å²) >= 11 is 4.09. The largest absolute Gasteiger partial charge is 0.507 e. The van der Waals surface area contributed by atoms with Crippen molar-refractivity contribution in [2.24, 2.45) is 0 Å². The van der Waals surface area contributed by atoms with Gasteiger partial charge in [-0.25, -0.2) is 0 Å². The van der Waals surface area contributed by atoms with Gasteiger partial charge in [0.2, 0.25) is 0 Å². The predicted molar refractivity (Wildman–Crippen MR) is 94.9 cm³/mol. The maximum atomic E-state index is 13.1. The zero-order valence-corrected chi connectivity index (χ0v) is 15.7. The van der Waals surface area contributed by atoms with Crippen molar-refractivity contribution < 1.29 is 31.4 Å². The molecule has 0 aliphatic rings. The Labute approximate surface area is 158 Å². The number of phenolic OH excluding ortho intramolecular Hbond substituents is 1. The molecule has 2 aromatic rings. The summed E-state index contributed by atoms with van der Waals surface area (Å²) in [6.45, 7) is 5.54. The fraction of sp³-hybridized carbons (Fsp3) is 0.368. The number of aromatic hydroxyl groups is 1. The van der Waals surface area contributed by atoms with Gasteiger partial charge >= 0.3 is 12.4 Å². The van der Waals surface area contributed by atoms with Crippen LogP contribution in [0.5, 0.6) is 5.75 Å². The van der Waals surface area contributed by atoms with E-state index in [1.807, 2.05) is 20.8 Å². The van der Waals surface area contributed by atoms with Crippen molar-refractivity contribution in [3.63, 3.8) is 0 Å². The molecule has 1 N–H and O–H groups in total. The Morgan fingerprint density at radius 2 is 1.26 bits per heavy atom. The van der Waals surface area contributed by atoms with Crippen molar-refractivity contribution >= 4 is 12.6 Å². The zero-order valence-electron chi connectivity index (χ0n) is 14.8. The summed E-state index contributed by atoms with van der Waals surface area (Å²) in [7, 11) is 0. The highest BCUT2D eigenvalue weighted by atomic mass is 32.1. The van der Waals surface area contributed by atoms with Crippen LogP contribution in [0.2, 0.25) is 0 Å². The highest BCUT2D eigenvalue weighted by molar-refractivity contribution is 7.79. The van der Waals surface area contributed by atoms with E-state index in [4.69, 9.17) is 0 Å². The van der Waals surface area contributed by atoms with Crippen LogP contribution in [0.25, 0.3) is 11.1 Å². The van der Waals surface area contributed by atoms with Crippen molar-refractivity contribution in [3.05, 3.63) is 52.6 Å². The van der Waals surface area contributed by atoms with E-state index in [-0.39, 0.29) is 28.7 Å². The summed E-state index contributed by atoms with van der Waals surface area (Å²) in [5, 5.41) is 10.4. The van der Waals surface area contributed by atoms with Crippen LogP contribution >= 0.6 is 12.6 Å². The minimum absolute atomic E-state index is 0.0632. The number of benzene rings is 2. The first-order chi connectivity index (χ1) is 12.1. The second-order valence-electron chi connectivity index (χ2n) is 7.23. The number of hydrogen-bond acceptors (Lipinski definition) is 2. The van der Waals surface area contributed by atoms with Crippen molar-refractivity contribution in [1.29, 1.82) is 0 Å². The van der Waals surface area contributed by atoms with E-state index in [0.717, 1.165) is 0 Å². The number of rotatable bonds is 2. The fourth-order valence-corrected chi connectivity index (χ4v) is 2.82. The monoisotopic (exact) mass is 408 g/mol. The molecule has 0 spiro atoms. The van der Waals surface area contributed by atoms with Crippen LogP contribution in [0.15, 0.2) is 30.3 Å². The molecule has 0 saturated carbocycles. The van der Waals surface area contributed by atoms with Gasteiger partial charge in [0.05, 0.1) is 11.1 Å². The smallest absolute Gasteiger partial charge is 0.416 e. The molecule has 0 fully saturated rings. The van der Waals surface area contributed by atoms with Crippen molar-refractivity contribution in [1.82, 2.24) is 0 Å². The Bertz CT molecular complexity index is 815. The highest BCUT2D eigenvalue weighted by Gasteiger charge is 2.37. The number of thiol groups is 1. The molecule has 0 atom stereocenters. The van der Waals surface area contributed by atoms with E-state index in [2.05, 4.69) is 12.6 Å². The molecule has 148 valence electrons. The summed E-state index contributed by atoms with van der Waals surface area (Å²) in [6.07, 6.45) is -9.92. The second kappa shape index (κ2) is 6.96. The standard InChI is InChI=1S/C19H18F6OS/c1-17(2,3)12-6-11(9-27)16(26)15(8-12)10-4-13(18(20,21)22)7-14(5-10)19(23,24)25/h4-8,26-27H,9H2,1-3H3. The minimum Gasteiger partial charge on any atom is -0.507 e. The molecular formula is C19H18F6OS. The van der Waals surface area contributed by atoms with Gasteiger partial charge in [0.25, 0.3) is 0 Å². The third kappa shape index (κ3) is 4.72.